The van der Waals surface area contributed by atoms with Gasteiger partial charge in [0, 0.05) is 6.42 Å². The maximum absolute atomic E-state index is 12.2. The summed E-state index contributed by atoms with van der Waals surface area (Å²) in [6.45, 7) is 3.49. The lowest BCUT2D eigenvalue weighted by molar-refractivity contribution is -0.139. The fraction of sp³-hybridized carbons (Fsp3) is 0.385. The van der Waals surface area contributed by atoms with Crippen LogP contribution in [0.4, 0.5) is 0 Å². The predicted molar refractivity (Wildman–Crippen MR) is 76.1 cm³/mol. The molecule has 0 aliphatic carbocycles. The fourth-order valence-corrected chi connectivity index (χ4v) is 3.27. The van der Waals surface area contributed by atoms with Crippen LogP contribution in [0, 0.1) is 13.8 Å². The zero-order valence-electron chi connectivity index (χ0n) is 11.8. The number of aryl methyl sites for hydroxylation is 2. The standard InChI is InChI=1S/C13H18N2O5S/c1-8-5-9(2)7-10(6-8)21(19,20)15-11(13(17)18)3-4-12(14)16/h5-7,11,15H,3-4H2,1-2H3,(H2,14,16)(H,17,18). The van der Waals surface area contributed by atoms with Gasteiger partial charge in [-0.05, 0) is 43.5 Å². The SMILES string of the molecule is Cc1cc(C)cc(S(=O)(=O)NC(CCC(N)=O)C(=O)O)c1. The third-order valence-corrected chi connectivity index (χ3v) is 4.23. The van der Waals surface area contributed by atoms with Crippen LogP contribution in [0.3, 0.4) is 0 Å². The number of carbonyl (C=O) groups is 2. The Morgan fingerprint density at radius 3 is 2.19 bits per heavy atom. The molecule has 8 heteroatoms. The lowest BCUT2D eigenvalue weighted by Gasteiger charge is -2.14. The molecule has 1 aromatic rings. The second-order valence-electron chi connectivity index (χ2n) is 4.84. The third-order valence-electron chi connectivity index (χ3n) is 2.78. The summed E-state index contributed by atoms with van der Waals surface area (Å²) < 4.78 is 26.5. The van der Waals surface area contributed by atoms with E-state index >= 15 is 0 Å². The van der Waals surface area contributed by atoms with E-state index in [4.69, 9.17) is 10.8 Å². The highest BCUT2D eigenvalue weighted by atomic mass is 32.2. The van der Waals surface area contributed by atoms with Gasteiger partial charge >= 0.3 is 5.97 Å². The van der Waals surface area contributed by atoms with E-state index in [-0.39, 0.29) is 17.7 Å². The number of carboxylic acids is 1. The molecule has 0 saturated heterocycles. The quantitative estimate of drug-likeness (QED) is 0.667. The molecule has 1 atom stereocenters. The number of nitrogens with two attached hydrogens (primary N) is 1. The summed E-state index contributed by atoms with van der Waals surface area (Å²) in [7, 11) is -3.98. The number of benzene rings is 1. The zero-order valence-corrected chi connectivity index (χ0v) is 12.6. The van der Waals surface area contributed by atoms with E-state index in [1.165, 1.54) is 12.1 Å². The number of sulfonamides is 1. The summed E-state index contributed by atoms with van der Waals surface area (Å²) >= 11 is 0. The van der Waals surface area contributed by atoms with Gasteiger partial charge in [0.05, 0.1) is 4.90 Å². The molecule has 0 radical (unpaired) electrons. The second kappa shape index (κ2) is 6.68. The van der Waals surface area contributed by atoms with Crippen molar-refractivity contribution in [2.75, 3.05) is 0 Å². The molecule has 0 bridgehead atoms. The van der Waals surface area contributed by atoms with Crippen LogP contribution in [-0.4, -0.2) is 31.4 Å². The van der Waals surface area contributed by atoms with Crippen molar-refractivity contribution in [1.82, 2.24) is 4.72 Å². The first-order valence-corrected chi connectivity index (χ1v) is 7.72. The van der Waals surface area contributed by atoms with Gasteiger partial charge in [0.15, 0.2) is 0 Å². The average molecular weight is 314 g/mol. The zero-order chi connectivity index (χ0) is 16.2. The van der Waals surface area contributed by atoms with Crippen molar-refractivity contribution < 1.29 is 23.1 Å². The van der Waals surface area contributed by atoms with Gasteiger partial charge in [0.25, 0.3) is 0 Å². The molecule has 0 saturated carbocycles. The van der Waals surface area contributed by atoms with E-state index in [0.29, 0.717) is 0 Å². The second-order valence-corrected chi connectivity index (χ2v) is 6.55. The normalized spacial score (nSPS) is 12.9. The van der Waals surface area contributed by atoms with Crippen molar-refractivity contribution in [3.8, 4) is 0 Å². The minimum absolute atomic E-state index is 0.00896. The van der Waals surface area contributed by atoms with Gasteiger partial charge in [-0.1, -0.05) is 6.07 Å². The van der Waals surface area contributed by atoms with Crippen molar-refractivity contribution in [3.63, 3.8) is 0 Å². The molecule has 0 heterocycles. The Morgan fingerprint density at radius 1 is 1.24 bits per heavy atom. The molecule has 1 unspecified atom stereocenters. The minimum atomic E-state index is -3.98. The minimum Gasteiger partial charge on any atom is -0.480 e. The molecule has 1 rings (SSSR count). The molecule has 0 fully saturated rings. The van der Waals surface area contributed by atoms with E-state index in [1.807, 2.05) is 0 Å². The van der Waals surface area contributed by atoms with Gasteiger partial charge in [-0.2, -0.15) is 4.72 Å². The van der Waals surface area contributed by atoms with Crippen LogP contribution in [0.2, 0.25) is 0 Å². The fourth-order valence-electron chi connectivity index (χ4n) is 1.86. The van der Waals surface area contributed by atoms with Crippen molar-refractivity contribution in [3.05, 3.63) is 29.3 Å². The van der Waals surface area contributed by atoms with Crippen LogP contribution < -0.4 is 10.5 Å². The molecule has 0 aliphatic heterocycles. The summed E-state index contributed by atoms with van der Waals surface area (Å²) in [5.74, 6) is -2.05. The summed E-state index contributed by atoms with van der Waals surface area (Å²) in [6.07, 6.45) is -0.416. The average Bonchev–Trinajstić information content (AvgIpc) is 2.32. The Kier molecular flexibility index (Phi) is 5.45. The number of nitrogens with one attached hydrogen (secondary N) is 1. The maximum Gasteiger partial charge on any atom is 0.321 e. The van der Waals surface area contributed by atoms with Crippen LogP contribution in [0.5, 0.6) is 0 Å². The molecule has 1 amide bonds. The van der Waals surface area contributed by atoms with Crippen LogP contribution >= 0.6 is 0 Å². The molecular weight excluding hydrogens is 296 g/mol. The van der Waals surface area contributed by atoms with Crippen molar-refractivity contribution in [1.29, 1.82) is 0 Å². The number of carboxylic acid groups (broad SMARTS) is 1. The van der Waals surface area contributed by atoms with Crippen molar-refractivity contribution in [2.24, 2.45) is 5.73 Å². The predicted octanol–water partition coefficient (Wildman–Crippen LogP) is 0.300. The Labute approximate surface area is 123 Å². The molecule has 21 heavy (non-hydrogen) atoms. The number of carbonyl (C=O) groups excluding carboxylic acids is 1. The van der Waals surface area contributed by atoms with Gasteiger partial charge in [-0.3, -0.25) is 9.59 Å². The van der Waals surface area contributed by atoms with Gasteiger partial charge in [0.1, 0.15) is 6.04 Å². The van der Waals surface area contributed by atoms with Crippen LogP contribution in [-0.2, 0) is 19.6 Å². The molecule has 0 spiro atoms. The van der Waals surface area contributed by atoms with Crippen molar-refractivity contribution in [2.45, 2.75) is 37.6 Å². The van der Waals surface area contributed by atoms with E-state index in [2.05, 4.69) is 4.72 Å². The van der Waals surface area contributed by atoms with E-state index in [9.17, 15) is 18.0 Å². The highest BCUT2D eigenvalue weighted by Gasteiger charge is 2.25. The topological polar surface area (TPSA) is 127 Å². The maximum atomic E-state index is 12.2. The third kappa shape index (κ3) is 5.16. The van der Waals surface area contributed by atoms with Gasteiger partial charge in [0.2, 0.25) is 15.9 Å². The Bertz CT molecular complexity index is 634. The number of hydrogen-bond acceptors (Lipinski definition) is 4. The van der Waals surface area contributed by atoms with Crippen molar-refractivity contribution >= 4 is 21.9 Å². The van der Waals surface area contributed by atoms with Crippen LogP contribution in [0.25, 0.3) is 0 Å². The van der Waals surface area contributed by atoms with Gasteiger partial charge < -0.3 is 10.8 Å². The number of primary amides is 1. The van der Waals surface area contributed by atoms with Crippen LogP contribution in [0.1, 0.15) is 24.0 Å². The first-order chi connectivity index (χ1) is 9.61. The molecular formula is C13H18N2O5S. The highest BCUT2D eigenvalue weighted by Crippen LogP contribution is 2.15. The molecule has 7 nitrogen and oxygen atoms in total. The number of aliphatic carboxylic acids is 1. The first-order valence-electron chi connectivity index (χ1n) is 6.23. The Hall–Kier alpha value is -1.93. The molecule has 4 N–H and O–H groups in total. The number of hydrogen-bond donors (Lipinski definition) is 3. The number of amides is 1. The lowest BCUT2D eigenvalue weighted by Crippen LogP contribution is -2.41. The van der Waals surface area contributed by atoms with Gasteiger partial charge in [-0.25, -0.2) is 8.42 Å². The molecule has 0 aromatic heterocycles. The largest absolute Gasteiger partial charge is 0.480 e. The Balaban J connectivity index is 3.00. The smallest absolute Gasteiger partial charge is 0.321 e. The Morgan fingerprint density at radius 2 is 1.76 bits per heavy atom. The summed E-state index contributed by atoms with van der Waals surface area (Å²) in [4.78, 5) is 21.8. The number of rotatable bonds is 7. The lowest BCUT2D eigenvalue weighted by atomic mass is 10.2. The summed E-state index contributed by atoms with van der Waals surface area (Å²) in [5, 5.41) is 9.03. The monoisotopic (exact) mass is 314 g/mol. The summed E-state index contributed by atoms with van der Waals surface area (Å²) in [6, 6.07) is 3.30. The van der Waals surface area contributed by atoms with E-state index in [1.54, 1.807) is 19.9 Å². The summed E-state index contributed by atoms with van der Waals surface area (Å²) in [5.41, 5.74) is 6.45. The van der Waals surface area contributed by atoms with Crippen LogP contribution in [0.15, 0.2) is 23.1 Å². The van der Waals surface area contributed by atoms with Gasteiger partial charge in [-0.15, -0.1) is 0 Å². The molecule has 1 aromatic carbocycles. The molecule has 116 valence electrons. The van der Waals surface area contributed by atoms with E-state index < -0.39 is 27.9 Å². The highest BCUT2D eigenvalue weighted by molar-refractivity contribution is 7.89. The first kappa shape index (κ1) is 17.1. The molecule has 0 aliphatic rings. The van der Waals surface area contributed by atoms with E-state index in [0.717, 1.165) is 11.1 Å².